The van der Waals surface area contributed by atoms with Crippen molar-refractivity contribution in [3.63, 3.8) is 0 Å². The number of carbonyl (C=O) groups excluding carboxylic acids is 1. The van der Waals surface area contributed by atoms with Crippen molar-refractivity contribution in [3.8, 4) is 5.88 Å². The Hall–Kier alpha value is -2.05. The highest BCUT2D eigenvalue weighted by molar-refractivity contribution is 5.79. The van der Waals surface area contributed by atoms with Gasteiger partial charge in [-0.2, -0.15) is 0 Å². The first-order chi connectivity index (χ1) is 10.6. The van der Waals surface area contributed by atoms with E-state index in [0.29, 0.717) is 43.4 Å². The van der Waals surface area contributed by atoms with E-state index in [1.807, 2.05) is 0 Å². The molecular formula is C15H20N2O5. The zero-order valence-electron chi connectivity index (χ0n) is 12.5. The summed E-state index contributed by atoms with van der Waals surface area (Å²) in [5.41, 5.74) is 0. The van der Waals surface area contributed by atoms with E-state index in [4.69, 9.17) is 9.26 Å². The first-order valence-corrected chi connectivity index (χ1v) is 7.60. The molecule has 3 atom stereocenters. The fraction of sp³-hybridized carbons (Fsp3) is 0.667. The van der Waals surface area contributed by atoms with Crippen LogP contribution < -0.4 is 4.74 Å². The highest BCUT2D eigenvalue weighted by Gasteiger charge is 2.45. The van der Waals surface area contributed by atoms with E-state index in [0.717, 1.165) is 12.8 Å². The molecular weight excluding hydrogens is 288 g/mol. The van der Waals surface area contributed by atoms with Gasteiger partial charge in [0.2, 0.25) is 5.91 Å². The summed E-state index contributed by atoms with van der Waals surface area (Å²) in [7, 11) is 1.50. The highest BCUT2D eigenvalue weighted by Crippen LogP contribution is 2.39. The maximum atomic E-state index is 12.4. The second-order valence-corrected chi connectivity index (χ2v) is 6.07. The first kappa shape index (κ1) is 14.9. The summed E-state index contributed by atoms with van der Waals surface area (Å²) < 4.78 is 10.0. The Balaban J connectivity index is 1.61. The predicted octanol–water partition coefficient (Wildman–Crippen LogP) is 1.33. The topological polar surface area (TPSA) is 92.9 Å². The number of aryl methyl sites for hydroxylation is 1. The molecule has 7 heteroatoms. The summed E-state index contributed by atoms with van der Waals surface area (Å²) in [6, 6.07) is 1.51. The van der Waals surface area contributed by atoms with Crippen LogP contribution in [0.4, 0.5) is 0 Å². The molecule has 2 aliphatic heterocycles. The van der Waals surface area contributed by atoms with Gasteiger partial charge in [-0.05, 0) is 30.3 Å². The lowest BCUT2D eigenvalue weighted by Gasteiger charge is -2.48. The van der Waals surface area contributed by atoms with Crippen LogP contribution in [0.3, 0.4) is 0 Å². The fourth-order valence-corrected chi connectivity index (χ4v) is 3.63. The molecule has 1 saturated carbocycles. The number of amides is 1. The van der Waals surface area contributed by atoms with Crippen molar-refractivity contribution in [3.05, 3.63) is 11.8 Å². The number of ether oxygens (including phenoxy) is 1. The molecule has 0 spiro atoms. The monoisotopic (exact) mass is 308 g/mol. The molecule has 3 aliphatic rings. The van der Waals surface area contributed by atoms with Gasteiger partial charge in [0.1, 0.15) is 5.76 Å². The minimum Gasteiger partial charge on any atom is -0.481 e. The van der Waals surface area contributed by atoms with Crippen LogP contribution in [0.1, 0.15) is 31.4 Å². The quantitative estimate of drug-likeness (QED) is 0.882. The number of carboxylic acid groups (broad SMARTS) is 1. The molecule has 3 heterocycles. The summed E-state index contributed by atoms with van der Waals surface area (Å²) >= 11 is 0. The molecule has 2 bridgehead atoms. The number of rotatable bonds is 5. The zero-order chi connectivity index (χ0) is 15.7. The molecule has 7 nitrogen and oxygen atoms in total. The molecule has 2 saturated heterocycles. The number of piperidine rings is 2. The molecule has 1 aromatic heterocycles. The number of carbonyl (C=O) groups is 2. The molecule has 1 aliphatic carbocycles. The standard InChI is InChI=1S/C15H20N2O5/c1-21-13-7-10(22-16-13)3-5-14(18)17-8-9-2-4-12(17)11(6-9)15(19)20/h7,9,11-12H,2-6,8H2,1H3,(H,19,20)/t9-,11-,12+/m1/s1. The minimum atomic E-state index is -0.785. The summed E-state index contributed by atoms with van der Waals surface area (Å²) in [4.78, 5) is 25.6. The lowest BCUT2D eigenvalue weighted by atomic mass is 9.72. The van der Waals surface area contributed by atoms with Gasteiger partial charge in [0.05, 0.1) is 13.0 Å². The number of carboxylic acids is 1. The van der Waals surface area contributed by atoms with Crippen molar-refractivity contribution in [2.45, 2.75) is 38.1 Å². The van der Waals surface area contributed by atoms with Crippen molar-refractivity contribution in [2.75, 3.05) is 13.7 Å². The molecule has 0 unspecified atom stereocenters. The lowest BCUT2D eigenvalue weighted by molar-refractivity contribution is -0.155. The first-order valence-electron chi connectivity index (χ1n) is 7.60. The van der Waals surface area contributed by atoms with E-state index in [2.05, 4.69) is 5.16 Å². The predicted molar refractivity (Wildman–Crippen MR) is 75.3 cm³/mol. The number of nitrogens with zero attached hydrogens (tertiary/aromatic N) is 2. The minimum absolute atomic E-state index is 0.00369. The Morgan fingerprint density at radius 2 is 2.32 bits per heavy atom. The highest BCUT2D eigenvalue weighted by atomic mass is 16.5. The lowest BCUT2D eigenvalue weighted by Crippen LogP contribution is -2.57. The molecule has 1 aromatic rings. The third-order valence-corrected chi connectivity index (χ3v) is 4.75. The molecule has 4 rings (SSSR count). The van der Waals surface area contributed by atoms with Crippen molar-refractivity contribution in [2.24, 2.45) is 11.8 Å². The van der Waals surface area contributed by atoms with Crippen LogP contribution in [0.2, 0.25) is 0 Å². The maximum absolute atomic E-state index is 12.4. The molecule has 1 amide bonds. The number of methoxy groups -OCH3 is 1. The van der Waals surface area contributed by atoms with Gasteiger partial charge in [0, 0.05) is 31.5 Å². The van der Waals surface area contributed by atoms with Crippen LogP contribution in [-0.2, 0) is 16.0 Å². The second-order valence-electron chi connectivity index (χ2n) is 6.07. The Morgan fingerprint density at radius 3 is 2.95 bits per heavy atom. The van der Waals surface area contributed by atoms with Crippen LogP contribution in [-0.4, -0.2) is 46.7 Å². The molecule has 22 heavy (non-hydrogen) atoms. The normalized spacial score (nSPS) is 27.0. The van der Waals surface area contributed by atoms with Gasteiger partial charge < -0.3 is 19.3 Å². The van der Waals surface area contributed by atoms with Crippen LogP contribution in [0, 0.1) is 11.8 Å². The smallest absolute Gasteiger partial charge is 0.308 e. The van der Waals surface area contributed by atoms with Crippen molar-refractivity contribution in [1.29, 1.82) is 0 Å². The Labute approximate surface area is 128 Å². The third-order valence-electron chi connectivity index (χ3n) is 4.75. The maximum Gasteiger partial charge on any atom is 0.308 e. The largest absolute Gasteiger partial charge is 0.481 e. The number of fused-ring (bicyclic) bond motifs is 3. The van der Waals surface area contributed by atoms with E-state index < -0.39 is 11.9 Å². The molecule has 3 fully saturated rings. The van der Waals surface area contributed by atoms with E-state index in [-0.39, 0.29) is 11.9 Å². The number of hydrogen-bond acceptors (Lipinski definition) is 5. The van der Waals surface area contributed by atoms with Gasteiger partial charge in [-0.1, -0.05) is 0 Å². The Bertz CT molecular complexity index is 570. The van der Waals surface area contributed by atoms with Crippen molar-refractivity contribution >= 4 is 11.9 Å². The molecule has 120 valence electrons. The Kier molecular flexibility index (Phi) is 4.04. The zero-order valence-corrected chi connectivity index (χ0v) is 12.5. The Morgan fingerprint density at radius 1 is 1.50 bits per heavy atom. The molecule has 0 aromatic carbocycles. The van der Waals surface area contributed by atoms with Gasteiger partial charge in [0.25, 0.3) is 5.88 Å². The van der Waals surface area contributed by atoms with Gasteiger partial charge in [-0.3, -0.25) is 9.59 Å². The van der Waals surface area contributed by atoms with Gasteiger partial charge in [0.15, 0.2) is 0 Å². The summed E-state index contributed by atoms with van der Waals surface area (Å²) in [5, 5.41) is 13.0. The summed E-state index contributed by atoms with van der Waals surface area (Å²) in [6.45, 7) is 0.688. The SMILES string of the molecule is COc1cc(CCC(=O)N2C[C@@H]3CC[C@H]2[C@H](C(=O)O)C3)on1. The van der Waals surface area contributed by atoms with E-state index >= 15 is 0 Å². The van der Waals surface area contributed by atoms with Gasteiger partial charge in [-0.25, -0.2) is 0 Å². The average molecular weight is 308 g/mol. The second kappa shape index (κ2) is 5.98. The molecule has 1 N–H and O–H groups in total. The summed E-state index contributed by atoms with van der Waals surface area (Å²) in [5.74, 6) is 0.109. The van der Waals surface area contributed by atoms with Crippen LogP contribution >= 0.6 is 0 Å². The van der Waals surface area contributed by atoms with Crippen LogP contribution in [0.5, 0.6) is 5.88 Å². The number of hydrogen-bond donors (Lipinski definition) is 1. The van der Waals surface area contributed by atoms with E-state index in [1.54, 1.807) is 11.0 Å². The van der Waals surface area contributed by atoms with E-state index in [9.17, 15) is 14.7 Å². The summed E-state index contributed by atoms with van der Waals surface area (Å²) in [6.07, 6.45) is 3.26. The van der Waals surface area contributed by atoms with E-state index in [1.165, 1.54) is 7.11 Å². The molecule has 0 radical (unpaired) electrons. The third kappa shape index (κ3) is 2.80. The van der Waals surface area contributed by atoms with Gasteiger partial charge in [-0.15, -0.1) is 0 Å². The number of aliphatic carboxylic acids is 1. The van der Waals surface area contributed by atoms with Crippen molar-refractivity contribution in [1.82, 2.24) is 10.1 Å². The number of aromatic nitrogens is 1. The van der Waals surface area contributed by atoms with Crippen LogP contribution in [0.15, 0.2) is 10.6 Å². The van der Waals surface area contributed by atoms with Crippen LogP contribution in [0.25, 0.3) is 0 Å². The average Bonchev–Trinajstić information content (AvgIpc) is 3.01. The fourth-order valence-electron chi connectivity index (χ4n) is 3.63. The van der Waals surface area contributed by atoms with Gasteiger partial charge >= 0.3 is 5.97 Å². The van der Waals surface area contributed by atoms with Crippen molar-refractivity contribution < 1.29 is 24.0 Å².